The fourth-order valence-electron chi connectivity index (χ4n) is 2.36. The highest BCUT2D eigenvalue weighted by atomic mass is 35.5. The smallest absolute Gasteiger partial charge is 0.224 e. The van der Waals surface area contributed by atoms with Crippen LogP contribution < -0.4 is 14.8 Å². The van der Waals surface area contributed by atoms with Crippen LogP contribution in [0.15, 0.2) is 65.3 Å². The second-order valence-corrected chi connectivity index (χ2v) is 5.98. The molecule has 0 saturated heterocycles. The van der Waals surface area contributed by atoms with Crippen LogP contribution in [-0.2, 0) is 11.2 Å². The zero-order valence-electron chi connectivity index (χ0n) is 14.2. The van der Waals surface area contributed by atoms with E-state index in [-0.39, 0.29) is 5.91 Å². The van der Waals surface area contributed by atoms with Gasteiger partial charge in [-0.1, -0.05) is 11.6 Å². The van der Waals surface area contributed by atoms with Gasteiger partial charge in [-0.2, -0.15) is 0 Å². The summed E-state index contributed by atoms with van der Waals surface area (Å²) in [5, 5.41) is 3.35. The number of benzene rings is 2. The Kier molecular flexibility index (Phi) is 5.81. The molecule has 1 amide bonds. The van der Waals surface area contributed by atoms with E-state index in [9.17, 15) is 4.79 Å². The highest BCUT2D eigenvalue weighted by Gasteiger charge is 2.11. The number of amides is 1. The number of rotatable bonds is 7. The predicted molar refractivity (Wildman–Crippen MR) is 100 cm³/mol. The lowest BCUT2D eigenvalue weighted by Crippen LogP contribution is -2.12. The topological polar surface area (TPSA) is 60.7 Å². The SMILES string of the molecule is COc1ccc(Oc2ccc(Cl)cc2NC(=O)CCc2ccco2)cc1. The molecule has 0 bridgehead atoms. The molecule has 6 heteroatoms. The van der Waals surface area contributed by atoms with Crippen LogP contribution in [0.1, 0.15) is 12.2 Å². The molecule has 0 aliphatic heterocycles. The predicted octanol–water partition coefficient (Wildman–Crippen LogP) is 5.31. The summed E-state index contributed by atoms with van der Waals surface area (Å²) in [7, 11) is 1.60. The number of hydrogen-bond acceptors (Lipinski definition) is 4. The zero-order valence-corrected chi connectivity index (χ0v) is 15.0. The van der Waals surface area contributed by atoms with Gasteiger partial charge in [-0.15, -0.1) is 0 Å². The number of halogens is 1. The highest BCUT2D eigenvalue weighted by Crippen LogP contribution is 2.32. The Morgan fingerprint density at radius 1 is 1.12 bits per heavy atom. The number of aryl methyl sites for hydroxylation is 1. The van der Waals surface area contributed by atoms with Gasteiger partial charge in [-0.3, -0.25) is 4.79 Å². The van der Waals surface area contributed by atoms with E-state index in [1.165, 1.54) is 0 Å². The summed E-state index contributed by atoms with van der Waals surface area (Å²) in [6, 6.07) is 15.9. The first-order valence-corrected chi connectivity index (χ1v) is 8.45. The summed E-state index contributed by atoms with van der Waals surface area (Å²) in [6.45, 7) is 0. The maximum Gasteiger partial charge on any atom is 0.224 e. The molecule has 5 nitrogen and oxygen atoms in total. The van der Waals surface area contributed by atoms with Gasteiger partial charge in [0.1, 0.15) is 17.3 Å². The lowest BCUT2D eigenvalue weighted by molar-refractivity contribution is -0.116. The Labute approximate surface area is 156 Å². The molecule has 3 rings (SSSR count). The lowest BCUT2D eigenvalue weighted by Gasteiger charge is -2.13. The Morgan fingerprint density at radius 2 is 1.88 bits per heavy atom. The number of furan rings is 1. The molecule has 1 N–H and O–H groups in total. The van der Waals surface area contributed by atoms with Gasteiger partial charge >= 0.3 is 0 Å². The van der Waals surface area contributed by atoms with E-state index in [0.717, 1.165) is 11.5 Å². The van der Waals surface area contributed by atoms with Crippen LogP contribution in [0.3, 0.4) is 0 Å². The average molecular weight is 372 g/mol. The van der Waals surface area contributed by atoms with Gasteiger partial charge in [0.15, 0.2) is 5.75 Å². The van der Waals surface area contributed by atoms with Crippen LogP contribution in [-0.4, -0.2) is 13.0 Å². The van der Waals surface area contributed by atoms with Gasteiger partial charge in [0.2, 0.25) is 5.91 Å². The summed E-state index contributed by atoms with van der Waals surface area (Å²) < 4.78 is 16.2. The van der Waals surface area contributed by atoms with Crippen molar-refractivity contribution in [3.05, 3.63) is 71.6 Å². The van der Waals surface area contributed by atoms with Crippen molar-refractivity contribution in [3.8, 4) is 17.2 Å². The van der Waals surface area contributed by atoms with Crippen LogP contribution >= 0.6 is 11.6 Å². The molecule has 0 aliphatic rings. The molecule has 0 atom stereocenters. The van der Waals surface area contributed by atoms with Crippen molar-refractivity contribution in [3.63, 3.8) is 0 Å². The van der Waals surface area contributed by atoms with E-state index in [2.05, 4.69) is 5.32 Å². The van der Waals surface area contributed by atoms with E-state index in [1.54, 1.807) is 61.9 Å². The monoisotopic (exact) mass is 371 g/mol. The van der Waals surface area contributed by atoms with Crippen molar-refractivity contribution < 1.29 is 18.7 Å². The molecule has 0 saturated carbocycles. The first kappa shape index (κ1) is 17.9. The molecule has 134 valence electrons. The Hall–Kier alpha value is -2.92. The van der Waals surface area contributed by atoms with Crippen molar-refractivity contribution in [2.24, 2.45) is 0 Å². The minimum Gasteiger partial charge on any atom is -0.497 e. The Balaban J connectivity index is 1.69. The molecule has 1 aromatic heterocycles. The van der Waals surface area contributed by atoms with Crippen LogP contribution in [0.2, 0.25) is 5.02 Å². The Bertz CT molecular complexity index is 860. The third kappa shape index (κ3) is 4.80. The second kappa shape index (κ2) is 8.45. The van der Waals surface area contributed by atoms with Crippen molar-refractivity contribution in [1.82, 2.24) is 0 Å². The summed E-state index contributed by atoms with van der Waals surface area (Å²) in [6.07, 6.45) is 2.40. The van der Waals surface area contributed by atoms with Crippen LogP contribution in [0, 0.1) is 0 Å². The summed E-state index contributed by atoms with van der Waals surface area (Å²) in [5.74, 6) is 2.48. The summed E-state index contributed by atoms with van der Waals surface area (Å²) in [4.78, 5) is 12.2. The second-order valence-electron chi connectivity index (χ2n) is 5.55. The molecule has 0 radical (unpaired) electrons. The minimum absolute atomic E-state index is 0.150. The number of nitrogens with one attached hydrogen (secondary N) is 1. The number of hydrogen-bond donors (Lipinski definition) is 1. The fourth-order valence-corrected chi connectivity index (χ4v) is 2.54. The number of methoxy groups -OCH3 is 1. The molecule has 3 aromatic rings. The van der Waals surface area contributed by atoms with Gasteiger partial charge in [-0.05, 0) is 54.6 Å². The number of carbonyl (C=O) groups excluding carboxylic acids is 1. The molecule has 0 spiro atoms. The highest BCUT2D eigenvalue weighted by molar-refractivity contribution is 6.31. The normalized spacial score (nSPS) is 10.4. The van der Waals surface area contributed by atoms with E-state index >= 15 is 0 Å². The van der Waals surface area contributed by atoms with Crippen LogP contribution in [0.5, 0.6) is 17.2 Å². The molecule has 0 fully saturated rings. The third-order valence-electron chi connectivity index (χ3n) is 3.68. The lowest BCUT2D eigenvalue weighted by atomic mass is 10.2. The standard InChI is InChI=1S/C20H18ClNO4/c1-24-15-5-7-17(8-6-15)26-19-10-4-14(21)13-18(19)22-20(23)11-9-16-3-2-12-25-16/h2-8,10,12-13H,9,11H2,1H3,(H,22,23). The van der Waals surface area contributed by atoms with Gasteiger partial charge < -0.3 is 19.2 Å². The summed E-state index contributed by atoms with van der Waals surface area (Å²) in [5.41, 5.74) is 0.512. The zero-order chi connectivity index (χ0) is 18.4. The fraction of sp³-hybridized carbons (Fsp3) is 0.150. The summed E-state index contributed by atoms with van der Waals surface area (Å²) >= 11 is 6.06. The van der Waals surface area contributed by atoms with Gasteiger partial charge in [0.25, 0.3) is 0 Å². The van der Waals surface area contributed by atoms with Gasteiger partial charge in [0.05, 0.1) is 19.1 Å². The molecular formula is C20H18ClNO4. The third-order valence-corrected chi connectivity index (χ3v) is 3.92. The van der Waals surface area contributed by atoms with Gasteiger partial charge in [0, 0.05) is 17.9 Å². The van der Waals surface area contributed by atoms with Crippen LogP contribution in [0.25, 0.3) is 0 Å². The van der Waals surface area contributed by atoms with Crippen molar-refractivity contribution in [2.45, 2.75) is 12.8 Å². The molecule has 2 aromatic carbocycles. The number of carbonyl (C=O) groups is 1. The maximum atomic E-state index is 12.2. The first-order chi connectivity index (χ1) is 12.6. The largest absolute Gasteiger partial charge is 0.497 e. The minimum atomic E-state index is -0.150. The number of ether oxygens (including phenoxy) is 2. The maximum absolute atomic E-state index is 12.2. The molecule has 0 aliphatic carbocycles. The van der Waals surface area contributed by atoms with E-state index in [1.807, 2.05) is 6.07 Å². The van der Waals surface area contributed by atoms with Crippen molar-refractivity contribution in [2.75, 3.05) is 12.4 Å². The quantitative estimate of drug-likeness (QED) is 0.611. The van der Waals surface area contributed by atoms with Gasteiger partial charge in [-0.25, -0.2) is 0 Å². The average Bonchev–Trinajstić information content (AvgIpc) is 3.16. The van der Waals surface area contributed by atoms with E-state index < -0.39 is 0 Å². The number of anilines is 1. The molecule has 0 unspecified atom stereocenters. The first-order valence-electron chi connectivity index (χ1n) is 8.08. The molecule has 26 heavy (non-hydrogen) atoms. The van der Waals surface area contributed by atoms with E-state index in [4.69, 9.17) is 25.5 Å². The molecule has 1 heterocycles. The van der Waals surface area contributed by atoms with Crippen molar-refractivity contribution >= 4 is 23.2 Å². The molecular weight excluding hydrogens is 354 g/mol. The van der Waals surface area contributed by atoms with E-state index in [0.29, 0.717) is 35.1 Å². The van der Waals surface area contributed by atoms with Crippen LogP contribution in [0.4, 0.5) is 5.69 Å². The van der Waals surface area contributed by atoms with Crippen molar-refractivity contribution in [1.29, 1.82) is 0 Å². The Morgan fingerprint density at radius 3 is 2.58 bits per heavy atom.